The standard InChI is InChI=1S/C21H19F2N3O2/c1-27-20-10-18(23)17(22)9-15(20)13-3-5-14(6-4-13)28-11-12-2-7-19(24)16(8-12)21(25)26/h2-10H,11,24H2,1H3,(H3,25,26). The van der Waals surface area contributed by atoms with Crippen LogP contribution in [-0.4, -0.2) is 12.9 Å². The predicted octanol–water partition coefficient (Wildman–Crippen LogP) is 4.09. The van der Waals surface area contributed by atoms with E-state index in [0.717, 1.165) is 17.7 Å². The van der Waals surface area contributed by atoms with Gasteiger partial charge in [-0.25, -0.2) is 8.78 Å². The lowest BCUT2D eigenvalue weighted by Crippen LogP contribution is -2.14. The van der Waals surface area contributed by atoms with Crippen LogP contribution in [0.25, 0.3) is 11.1 Å². The van der Waals surface area contributed by atoms with Crippen molar-refractivity contribution in [3.63, 3.8) is 0 Å². The molecular formula is C21H19F2N3O2. The highest BCUT2D eigenvalue weighted by Crippen LogP contribution is 2.33. The Kier molecular flexibility index (Phi) is 5.44. The van der Waals surface area contributed by atoms with Crippen molar-refractivity contribution < 1.29 is 18.3 Å². The largest absolute Gasteiger partial charge is 0.496 e. The van der Waals surface area contributed by atoms with E-state index >= 15 is 0 Å². The second-order valence-electron chi connectivity index (χ2n) is 6.11. The van der Waals surface area contributed by atoms with E-state index in [1.807, 2.05) is 0 Å². The van der Waals surface area contributed by atoms with Crippen LogP contribution in [-0.2, 0) is 6.61 Å². The molecule has 3 aromatic rings. The van der Waals surface area contributed by atoms with Gasteiger partial charge < -0.3 is 20.9 Å². The molecule has 0 saturated carbocycles. The molecule has 5 N–H and O–H groups in total. The van der Waals surface area contributed by atoms with Crippen LogP contribution in [0.2, 0.25) is 0 Å². The van der Waals surface area contributed by atoms with Crippen molar-refractivity contribution in [3.8, 4) is 22.6 Å². The van der Waals surface area contributed by atoms with Crippen molar-refractivity contribution in [2.24, 2.45) is 5.73 Å². The monoisotopic (exact) mass is 383 g/mol. The number of nitrogens with one attached hydrogen (secondary N) is 1. The lowest BCUT2D eigenvalue weighted by molar-refractivity contribution is 0.306. The fourth-order valence-corrected chi connectivity index (χ4v) is 2.75. The van der Waals surface area contributed by atoms with Gasteiger partial charge in [0.15, 0.2) is 11.6 Å². The van der Waals surface area contributed by atoms with Crippen molar-refractivity contribution in [2.45, 2.75) is 6.61 Å². The van der Waals surface area contributed by atoms with Crippen LogP contribution in [0.1, 0.15) is 11.1 Å². The van der Waals surface area contributed by atoms with Crippen LogP contribution in [0.15, 0.2) is 54.6 Å². The Morgan fingerprint density at radius 2 is 1.68 bits per heavy atom. The summed E-state index contributed by atoms with van der Waals surface area (Å²) in [6.45, 7) is 0.258. The van der Waals surface area contributed by atoms with E-state index in [2.05, 4.69) is 0 Å². The van der Waals surface area contributed by atoms with Crippen molar-refractivity contribution in [2.75, 3.05) is 12.8 Å². The van der Waals surface area contributed by atoms with Crippen molar-refractivity contribution in [1.29, 1.82) is 5.41 Å². The summed E-state index contributed by atoms with van der Waals surface area (Å²) < 4.78 is 37.9. The normalized spacial score (nSPS) is 10.5. The topological polar surface area (TPSA) is 94.4 Å². The summed E-state index contributed by atoms with van der Waals surface area (Å²) in [5, 5.41) is 7.53. The molecule has 0 unspecified atom stereocenters. The minimum atomic E-state index is -0.964. The Balaban J connectivity index is 1.76. The van der Waals surface area contributed by atoms with Crippen LogP contribution in [0.3, 0.4) is 0 Å². The fourth-order valence-electron chi connectivity index (χ4n) is 2.75. The number of benzene rings is 3. The van der Waals surface area contributed by atoms with Gasteiger partial charge in [0.1, 0.15) is 23.9 Å². The third kappa shape index (κ3) is 4.03. The minimum Gasteiger partial charge on any atom is -0.496 e. The summed E-state index contributed by atoms with van der Waals surface area (Å²) in [5.74, 6) is -1.18. The molecular weight excluding hydrogens is 364 g/mol. The molecule has 3 rings (SSSR count). The molecule has 0 fully saturated rings. The first-order valence-electron chi connectivity index (χ1n) is 8.38. The zero-order valence-electron chi connectivity index (χ0n) is 15.1. The van der Waals surface area contributed by atoms with Gasteiger partial charge in [-0.05, 0) is 41.5 Å². The molecule has 0 spiro atoms. The predicted molar refractivity (Wildman–Crippen MR) is 105 cm³/mol. The minimum absolute atomic E-state index is 0.107. The summed E-state index contributed by atoms with van der Waals surface area (Å²) in [6, 6.07) is 14.2. The quantitative estimate of drug-likeness (QED) is 0.340. The number of nitrogen functional groups attached to an aromatic ring is 2. The van der Waals surface area contributed by atoms with Crippen LogP contribution in [0.5, 0.6) is 11.5 Å². The summed E-state index contributed by atoms with van der Waals surface area (Å²) in [7, 11) is 1.40. The van der Waals surface area contributed by atoms with Crippen LogP contribution in [0.4, 0.5) is 14.5 Å². The molecule has 0 aliphatic rings. The van der Waals surface area contributed by atoms with Crippen molar-refractivity contribution >= 4 is 11.5 Å². The third-order valence-corrected chi connectivity index (χ3v) is 4.22. The molecule has 0 heterocycles. The number of nitrogens with two attached hydrogens (primary N) is 2. The lowest BCUT2D eigenvalue weighted by Gasteiger charge is -2.12. The first kappa shape index (κ1) is 19.2. The summed E-state index contributed by atoms with van der Waals surface area (Å²) in [5.41, 5.74) is 14.1. The average Bonchev–Trinajstić information content (AvgIpc) is 2.69. The number of rotatable bonds is 6. The van der Waals surface area contributed by atoms with Gasteiger partial charge in [-0.3, -0.25) is 5.41 Å². The summed E-state index contributed by atoms with van der Waals surface area (Å²) in [6.07, 6.45) is 0. The number of ether oxygens (including phenoxy) is 2. The first-order chi connectivity index (χ1) is 13.4. The van der Waals surface area contributed by atoms with Crippen molar-refractivity contribution in [1.82, 2.24) is 0 Å². The zero-order chi connectivity index (χ0) is 20.3. The van der Waals surface area contributed by atoms with Gasteiger partial charge in [-0.15, -0.1) is 0 Å². The summed E-state index contributed by atoms with van der Waals surface area (Å²) >= 11 is 0. The van der Waals surface area contributed by atoms with Gasteiger partial charge in [0.25, 0.3) is 0 Å². The number of amidine groups is 1. The molecule has 0 aliphatic carbocycles. The molecule has 144 valence electrons. The average molecular weight is 383 g/mol. The van der Waals surface area contributed by atoms with Crippen molar-refractivity contribution in [3.05, 3.63) is 77.4 Å². The van der Waals surface area contributed by atoms with E-state index in [1.54, 1.807) is 42.5 Å². The Morgan fingerprint density at radius 1 is 1.00 bits per heavy atom. The Morgan fingerprint density at radius 3 is 2.32 bits per heavy atom. The first-order valence-corrected chi connectivity index (χ1v) is 8.38. The maximum atomic E-state index is 13.6. The second kappa shape index (κ2) is 7.96. The smallest absolute Gasteiger partial charge is 0.162 e. The van der Waals surface area contributed by atoms with Crippen LogP contribution >= 0.6 is 0 Å². The molecule has 0 atom stereocenters. The molecule has 0 aliphatic heterocycles. The Labute approximate surface area is 161 Å². The highest BCUT2D eigenvalue weighted by atomic mass is 19.2. The Bertz CT molecular complexity index is 1020. The molecule has 0 amide bonds. The highest BCUT2D eigenvalue weighted by molar-refractivity contribution is 5.99. The van der Waals surface area contributed by atoms with Gasteiger partial charge >= 0.3 is 0 Å². The number of hydrogen-bond acceptors (Lipinski definition) is 4. The van der Waals surface area contributed by atoms with E-state index in [4.69, 9.17) is 26.4 Å². The number of halogens is 2. The second-order valence-corrected chi connectivity index (χ2v) is 6.11. The molecule has 0 bridgehead atoms. The molecule has 0 saturated heterocycles. The SMILES string of the molecule is COc1cc(F)c(F)cc1-c1ccc(OCc2ccc(N)c(C(=N)N)c2)cc1. The number of anilines is 1. The molecule has 28 heavy (non-hydrogen) atoms. The van der Waals surface area contributed by atoms with Gasteiger partial charge in [-0.2, -0.15) is 0 Å². The van der Waals surface area contributed by atoms with E-state index in [1.165, 1.54) is 7.11 Å². The molecule has 7 heteroatoms. The molecule has 3 aromatic carbocycles. The highest BCUT2D eigenvalue weighted by Gasteiger charge is 2.12. The van der Waals surface area contributed by atoms with Gasteiger partial charge in [-0.1, -0.05) is 18.2 Å². The zero-order valence-corrected chi connectivity index (χ0v) is 15.1. The molecule has 0 aromatic heterocycles. The van der Waals surface area contributed by atoms with E-state index in [9.17, 15) is 8.78 Å². The van der Waals surface area contributed by atoms with Crippen LogP contribution in [0, 0.1) is 17.0 Å². The lowest BCUT2D eigenvalue weighted by atomic mass is 10.0. The maximum Gasteiger partial charge on any atom is 0.162 e. The number of methoxy groups -OCH3 is 1. The number of hydrogen-bond donors (Lipinski definition) is 3. The van der Waals surface area contributed by atoms with E-state index in [-0.39, 0.29) is 18.2 Å². The van der Waals surface area contributed by atoms with Crippen LogP contribution < -0.4 is 20.9 Å². The fraction of sp³-hybridized carbons (Fsp3) is 0.0952. The van der Waals surface area contributed by atoms with Gasteiger partial charge in [0, 0.05) is 22.9 Å². The summed E-state index contributed by atoms with van der Waals surface area (Å²) in [4.78, 5) is 0. The van der Waals surface area contributed by atoms with E-state index < -0.39 is 11.6 Å². The maximum absolute atomic E-state index is 13.6. The molecule has 5 nitrogen and oxygen atoms in total. The molecule has 0 radical (unpaired) electrons. The Hall–Kier alpha value is -3.61. The van der Waals surface area contributed by atoms with E-state index in [0.29, 0.717) is 28.1 Å². The third-order valence-electron chi connectivity index (χ3n) is 4.22. The van der Waals surface area contributed by atoms with Gasteiger partial charge in [0.05, 0.1) is 7.11 Å². The van der Waals surface area contributed by atoms with Gasteiger partial charge in [0.2, 0.25) is 0 Å².